The van der Waals surface area contributed by atoms with Gasteiger partial charge in [-0.3, -0.25) is 4.99 Å². The van der Waals surface area contributed by atoms with Gasteiger partial charge in [0.15, 0.2) is 5.96 Å². The maximum atomic E-state index is 5.21. The molecule has 0 heterocycles. The van der Waals surface area contributed by atoms with E-state index >= 15 is 0 Å². The molecule has 0 aliphatic carbocycles. The molecule has 0 radical (unpaired) electrons. The van der Waals surface area contributed by atoms with Crippen LogP contribution in [0.5, 0.6) is 5.75 Å². The third-order valence-electron chi connectivity index (χ3n) is 3.23. The Bertz CT molecular complexity index is 426. The fourth-order valence-corrected chi connectivity index (χ4v) is 2.08. The van der Waals surface area contributed by atoms with Crippen LogP contribution in [0.3, 0.4) is 0 Å². The van der Waals surface area contributed by atoms with Crippen LogP contribution in [0.1, 0.15) is 25.5 Å². The van der Waals surface area contributed by atoms with Crippen LogP contribution in [0, 0.1) is 0 Å². The number of ether oxygens (including phenoxy) is 1. The molecule has 5 nitrogen and oxygen atoms in total. The van der Waals surface area contributed by atoms with E-state index in [1.165, 1.54) is 5.56 Å². The molecule has 1 unspecified atom stereocenters. The molecule has 0 aromatic heterocycles. The Balaban J connectivity index is 0.00000441. The number of likely N-dealkylation sites (N-methyl/N-ethyl adjacent to an activating group) is 1. The van der Waals surface area contributed by atoms with E-state index in [1.54, 1.807) is 7.11 Å². The van der Waals surface area contributed by atoms with E-state index in [1.807, 2.05) is 12.1 Å². The molecule has 0 amide bonds. The summed E-state index contributed by atoms with van der Waals surface area (Å²) in [5, 5.41) is 6.50. The normalized spacial score (nSPS) is 11.4. The second kappa shape index (κ2) is 11.5. The lowest BCUT2D eigenvalue weighted by Crippen LogP contribution is -2.37. The molecule has 1 aromatic rings. The topological polar surface area (TPSA) is 48.9 Å². The van der Waals surface area contributed by atoms with Crippen molar-refractivity contribution in [2.75, 3.05) is 40.8 Å². The highest BCUT2D eigenvalue weighted by atomic mass is 127. The minimum atomic E-state index is 0. The van der Waals surface area contributed by atoms with Crippen molar-refractivity contribution >= 4 is 29.9 Å². The van der Waals surface area contributed by atoms with Gasteiger partial charge in [0, 0.05) is 13.1 Å². The van der Waals surface area contributed by atoms with Crippen LogP contribution in [-0.2, 0) is 0 Å². The zero-order valence-corrected chi connectivity index (χ0v) is 16.5. The predicted octanol–water partition coefficient (Wildman–Crippen LogP) is 2.49. The summed E-state index contributed by atoms with van der Waals surface area (Å²) in [5.41, 5.74) is 1.23. The molecule has 126 valence electrons. The number of hydrogen-bond donors (Lipinski definition) is 2. The van der Waals surface area contributed by atoms with Crippen molar-refractivity contribution in [3.63, 3.8) is 0 Å². The van der Waals surface area contributed by atoms with Crippen LogP contribution in [0.4, 0.5) is 0 Å². The van der Waals surface area contributed by atoms with Crippen LogP contribution in [0.15, 0.2) is 29.3 Å². The average molecular weight is 420 g/mol. The molecule has 0 bridgehead atoms. The molecule has 22 heavy (non-hydrogen) atoms. The SMILES string of the molecule is CCNC(=NCC(c1ccc(OC)cc1)N(C)C)NCC.I. The molecular formula is C16H29IN4O. The summed E-state index contributed by atoms with van der Waals surface area (Å²) in [7, 11) is 5.83. The molecule has 1 rings (SSSR count). The molecule has 0 spiro atoms. The van der Waals surface area contributed by atoms with Crippen molar-refractivity contribution in [3.05, 3.63) is 29.8 Å². The van der Waals surface area contributed by atoms with Gasteiger partial charge in [-0.25, -0.2) is 0 Å². The Kier molecular flexibility index (Phi) is 11.0. The molecule has 6 heteroatoms. The van der Waals surface area contributed by atoms with Crippen LogP contribution in [0.2, 0.25) is 0 Å². The summed E-state index contributed by atoms with van der Waals surface area (Å²) in [4.78, 5) is 6.85. The molecule has 0 aliphatic heterocycles. The highest BCUT2D eigenvalue weighted by Crippen LogP contribution is 2.21. The number of methoxy groups -OCH3 is 1. The minimum Gasteiger partial charge on any atom is -0.497 e. The molecule has 2 N–H and O–H groups in total. The van der Waals surface area contributed by atoms with E-state index in [2.05, 4.69) is 60.6 Å². The maximum Gasteiger partial charge on any atom is 0.191 e. The standard InChI is InChI=1S/C16H28N4O.HI/c1-6-17-16(18-7-2)19-12-15(20(3)4)13-8-10-14(21-5)11-9-13;/h8-11,15H,6-7,12H2,1-5H3,(H2,17,18,19);1H. The molecule has 0 saturated carbocycles. The average Bonchev–Trinajstić information content (AvgIpc) is 2.48. The highest BCUT2D eigenvalue weighted by Gasteiger charge is 2.14. The smallest absolute Gasteiger partial charge is 0.191 e. The number of hydrogen-bond acceptors (Lipinski definition) is 3. The van der Waals surface area contributed by atoms with Crippen molar-refractivity contribution in [2.45, 2.75) is 19.9 Å². The van der Waals surface area contributed by atoms with Crippen LogP contribution >= 0.6 is 24.0 Å². The van der Waals surface area contributed by atoms with Crippen molar-refractivity contribution < 1.29 is 4.74 Å². The first-order valence-electron chi connectivity index (χ1n) is 7.44. The Morgan fingerprint density at radius 2 is 1.68 bits per heavy atom. The van der Waals surface area contributed by atoms with Gasteiger partial charge in [-0.2, -0.15) is 0 Å². The number of guanidine groups is 1. The first-order chi connectivity index (χ1) is 10.1. The third-order valence-corrected chi connectivity index (χ3v) is 3.23. The Hall–Kier alpha value is -1.02. The molecular weight excluding hydrogens is 391 g/mol. The van der Waals surface area contributed by atoms with Gasteiger partial charge in [0.25, 0.3) is 0 Å². The van der Waals surface area contributed by atoms with Crippen molar-refractivity contribution in [1.82, 2.24) is 15.5 Å². The quantitative estimate of drug-likeness (QED) is 0.404. The summed E-state index contributed by atoms with van der Waals surface area (Å²) in [5.74, 6) is 1.74. The van der Waals surface area contributed by atoms with Gasteiger partial charge < -0.3 is 20.3 Å². The van der Waals surface area contributed by atoms with Gasteiger partial charge in [-0.05, 0) is 45.6 Å². The van der Waals surface area contributed by atoms with Gasteiger partial charge >= 0.3 is 0 Å². The van der Waals surface area contributed by atoms with Gasteiger partial charge in [0.05, 0.1) is 19.7 Å². The van der Waals surface area contributed by atoms with E-state index in [0.717, 1.165) is 24.8 Å². The summed E-state index contributed by atoms with van der Waals surface area (Å²) in [6.45, 7) is 6.57. The number of benzene rings is 1. The zero-order valence-electron chi connectivity index (χ0n) is 14.2. The van der Waals surface area contributed by atoms with Crippen LogP contribution < -0.4 is 15.4 Å². The summed E-state index contributed by atoms with van der Waals surface area (Å²) < 4.78 is 5.21. The van der Waals surface area contributed by atoms with E-state index in [9.17, 15) is 0 Å². The second-order valence-corrected chi connectivity index (χ2v) is 5.00. The van der Waals surface area contributed by atoms with Gasteiger partial charge in [0.2, 0.25) is 0 Å². The minimum absolute atomic E-state index is 0. The van der Waals surface area contributed by atoms with E-state index < -0.39 is 0 Å². The molecule has 0 saturated heterocycles. The fourth-order valence-electron chi connectivity index (χ4n) is 2.08. The largest absolute Gasteiger partial charge is 0.497 e. The molecule has 1 atom stereocenters. The van der Waals surface area contributed by atoms with Gasteiger partial charge in [-0.15, -0.1) is 24.0 Å². The number of halogens is 1. The Labute approximate surface area is 151 Å². The van der Waals surface area contributed by atoms with Crippen molar-refractivity contribution in [2.24, 2.45) is 4.99 Å². The van der Waals surface area contributed by atoms with Gasteiger partial charge in [-0.1, -0.05) is 12.1 Å². The second-order valence-electron chi connectivity index (χ2n) is 5.00. The first kappa shape index (κ1) is 21.0. The Morgan fingerprint density at radius 3 is 2.09 bits per heavy atom. The highest BCUT2D eigenvalue weighted by molar-refractivity contribution is 14.0. The van der Waals surface area contributed by atoms with Crippen molar-refractivity contribution in [1.29, 1.82) is 0 Å². The molecule has 0 fully saturated rings. The number of nitrogens with one attached hydrogen (secondary N) is 2. The number of rotatable bonds is 7. The first-order valence-corrected chi connectivity index (χ1v) is 7.44. The summed E-state index contributed by atoms with van der Waals surface area (Å²) >= 11 is 0. The molecule has 1 aromatic carbocycles. The number of aliphatic imine (C=N–C) groups is 1. The van der Waals surface area contributed by atoms with Crippen LogP contribution in [0.25, 0.3) is 0 Å². The monoisotopic (exact) mass is 420 g/mol. The van der Waals surface area contributed by atoms with Crippen LogP contribution in [-0.4, -0.2) is 51.7 Å². The van der Waals surface area contributed by atoms with E-state index in [0.29, 0.717) is 6.54 Å². The lowest BCUT2D eigenvalue weighted by Gasteiger charge is -2.24. The third kappa shape index (κ3) is 6.83. The predicted molar refractivity (Wildman–Crippen MR) is 104 cm³/mol. The maximum absolute atomic E-state index is 5.21. The summed E-state index contributed by atoms with van der Waals surface area (Å²) in [6, 6.07) is 8.41. The van der Waals surface area contributed by atoms with Crippen molar-refractivity contribution in [3.8, 4) is 5.75 Å². The van der Waals surface area contributed by atoms with Gasteiger partial charge in [0.1, 0.15) is 5.75 Å². The lowest BCUT2D eigenvalue weighted by molar-refractivity contribution is 0.306. The fraction of sp³-hybridized carbons (Fsp3) is 0.562. The zero-order chi connectivity index (χ0) is 15.7. The number of nitrogens with zero attached hydrogens (tertiary/aromatic N) is 2. The lowest BCUT2D eigenvalue weighted by atomic mass is 10.1. The molecule has 0 aliphatic rings. The summed E-state index contributed by atoms with van der Waals surface area (Å²) in [6.07, 6.45) is 0. The van der Waals surface area contributed by atoms with E-state index in [-0.39, 0.29) is 30.0 Å². The van der Waals surface area contributed by atoms with E-state index in [4.69, 9.17) is 4.74 Å². The Morgan fingerprint density at radius 1 is 1.14 bits per heavy atom.